The van der Waals surface area contributed by atoms with Gasteiger partial charge in [-0.1, -0.05) is 12.2 Å². The lowest BCUT2D eigenvalue weighted by atomic mass is 10.2. The molecule has 3 nitrogen and oxygen atoms in total. The van der Waals surface area contributed by atoms with E-state index in [0.717, 1.165) is 19.0 Å². The fraction of sp³-hybridized carbons (Fsp3) is 0.500. The molecule has 1 saturated carbocycles. The van der Waals surface area contributed by atoms with Gasteiger partial charge in [0, 0.05) is 25.0 Å². The second-order valence-electron chi connectivity index (χ2n) is 4.25. The summed E-state index contributed by atoms with van der Waals surface area (Å²) in [6, 6.07) is 4.00. The van der Waals surface area contributed by atoms with Crippen molar-refractivity contribution in [2.75, 3.05) is 18.0 Å². The lowest BCUT2D eigenvalue weighted by Gasteiger charge is -2.23. The predicted molar refractivity (Wildman–Crippen MR) is 70.7 cm³/mol. The first-order valence-electron chi connectivity index (χ1n) is 5.71. The number of hydrogen-bond acceptors (Lipinski definition) is 3. The molecule has 1 aliphatic carbocycles. The first-order chi connectivity index (χ1) is 7.70. The highest BCUT2D eigenvalue weighted by atomic mass is 32.1. The van der Waals surface area contributed by atoms with Crippen LogP contribution in [0.2, 0.25) is 0 Å². The van der Waals surface area contributed by atoms with Gasteiger partial charge in [0.05, 0.1) is 5.69 Å². The standard InChI is InChI=1S/C12H17N3S/c1-2-15(8-9-3-4-9)10-5-6-14-11(7-10)12(13)16/h5-7,9H,2-4,8H2,1H3,(H2,13,16). The SMILES string of the molecule is CCN(CC1CC1)c1ccnc(C(N)=S)c1. The van der Waals surface area contributed by atoms with Crippen LogP contribution in [0.3, 0.4) is 0 Å². The van der Waals surface area contributed by atoms with Crippen molar-refractivity contribution in [1.29, 1.82) is 0 Å². The maximum Gasteiger partial charge on any atom is 0.122 e. The van der Waals surface area contributed by atoms with Gasteiger partial charge in [0.2, 0.25) is 0 Å². The molecule has 2 rings (SSSR count). The number of thiocarbonyl (C=S) groups is 1. The van der Waals surface area contributed by atoms with Gasteiger partial charge < -0.3 is 10.6 Å². The number of pyridine rings is 1. The lowest BCUT2D eigenvalue weighted by Crippen LogP contribution is -2.25. The zero-order chi connectivity index (χ0) is 11.5. The molecule has 86 valence electrons. The normalized spacial score (nSPS) is 14.8. The molecule has 0 saturated heterocycles. The van der Waals surface area contributed by atoms with Crippen LogP contribution in [-0.4, -0.2) is 23.1 Å². The quantitative estimate of drug-likeness (QED) is 0.792. The maximum absolute atomic E-state index is 5.59. The highest BCUT2D eigenvalue weighted by molar-refractivity contribution is 7.80. The molecule has 0 amide bonds. The van der Waals surface area contributed by atoms with Gasteiger partial charge in [-0.25, -0.2) is 0 Å². The fourth-order valence-corrected chi connectivity index (χ4v) is 1.89. The number of rotatable bonds is 5. The van der Waals surface area contributed by atoms with E-state index in [1.165, 1.54) is 18.5 Å². The van der Waals surface area contributed by atoms with E-state index in [0.29, 0.717) is 10.7 Å². The summed E-state index contributed by atoms with van der Waals surface area (Å²) in [6.07, 6.45) is 4.51. The van der Waals surface area contributed by atoms with Crippen molar-refractivity contribution in [2.45, 2.75) is 19.8 Å². The molecule has 0 aromatic carbocycles. The molecule has 1 aliphatic rings. The summed E-state index contributed by atoms with van der Waals surface area (Å²) >= 11 is 4.94. The van der Waals surface area contributed by atoms with E-state index in [-0.39, 0.29) is 0 Å². The van der Waals surface area contributed by atoms with Gasteiger partial charge in [-0.15, -0.1) is 0 Å². The van der Waals surface area contributed by atoms with Gasteiger partial charge in [-0.2, -0.15) is 0 Å². The zero-order valence-electron chi connectivity index (χ0n) is 9.52. The Labute approximate surface area is 102 Å². The van der Waals surface area contributed by atoms with Crippen molar-refractivity contribution in [1.82, 2.24) is 4.98 Å². The van der Waals surface area contributed by atoms with Crippen molar-refractivity contribution in [3.63, 3.8) is 0 Å². The zero-order valence-corrected chi connectivity index (χ0v) is 10.3. The Hall–Kier alpha value is -1.16. The summed E-state index contributed by atoms with van der Waals surface area (Å²) in [4.78, 5) is 6.88. The van der Waals surface area contributed by atoms with E-state index in [9.17, 15) is 0 Å². The number of anilines is 1. The smallest absolute Gasteiger partial charge is 0.122 e. The van der Waals surface area contributed by atoms with Gasteiger partial charge in [-0.05, 0) is 37.8 Å². The molecular weight excluding hydrogens is 218 g/mol. The van der Waals surface area contributed by atoms with Gasteiger partial charge in [0.1, 0.15) is 4.99 Å². The Balaban J connectivity index is 2.15. The third kappa shape index (κ3) is 2.70. The Morgan fingerprint density at radius 2 is 2.38 bits per heavy atom. The van der Waals surface area contributed by atoms with Gasteiger partial charge in [0.25, 0.3) is 0 Å². The molecule has 0 spiro atoms. The van der Waals surface area contributed by atoms with Crippen molar-refractivity contribution in [3.8, 4) is 0 Å². The molecule has 0 aliphatic heterocycles. The van der Waals surface area contributed by atoms with Crippen LogP contribution in [0.1, 0.15) is 25.5 Å². The summed E-state index contributed by atoms with van der Waals surface area (Å²) in [7, 11) is 0. The Morgan fingerprint density at radius 3 is 2.94 bits per heavy atom. The van der Waals surface area contributed by atoms with E-state index < -0.39 is 0 Å². The maximum atomic E-state index is 5.59. The molecule has 4 heteroatoms. The summed E-state index contributed by atoms with van der Waals surface area (Å²) in [5.41, 5.74) is 7.47. The molecule has 0 atom stereocenters. The number of hydrogen-bond donors (Lipinski definition) is 1. The van der Waals surface area contributed by atoms with E-state index >= 15 is 0 Å². The largest absolute Gasteiger partial charge is 0.388 e. The Bertz CT molecular complexity index is 388. The van der Waals surface area contributed by atoms with E-state index in [4.69, 9.17) is 18.0 Å². The molecule has 1 heterocycles. The molecule has 2 N–H and O–H groups in total. The summed E-state index contributed by atoms with van der Waals surface area (Å²) < 4.78 is 0. The topological polar surface area (TPSA) is 42.2 Å². The van der Waals surface area contributed by atoms with Gasteiger partial charge in [-0.3, -0.25) is 4.98 Å². The first-order valence-corrected chi connectivity index (χ1v) is 6.12. The minimum Gasteiger partial charge on any atom is -0.388 e. The number of nitrogens with two attached hydrogens (primary N) is 1. The van der Waals surface area contributed by atoms with Crippen LogP contribution < -0.4 is 10.6 Å². The van der Waals surface area contributed by atoms with Gasteiger partial charge in [0.15, 0.2) is 0 Å². The second-order valence-corrected chi connectivity index (χ2v) is 4.69. The molecule has 1 aromatic rings. The van der Waals surface area contributed by atoms with Crippen molar-refractivity contribution < 1.29 is 0 Å². The molecule has 16 heavy (non-hydrogen) atoms. The van der Waals surface area contributed by atoms with Crippen LogP contribution in [0, 0.1) is 5.92 Å². The molecule has 0 bridgehead atoms. The number of aromatic nitrogens is 1. The monoisotopic (exact) mass is 235 g/mol. The minimum absolute atomic E-state index is 0.365. The third-order valence-electron chi connectivity index (χ3n) is 2.92. The third-order valence-corrected chi connectivity index (χ3v) is 3.13. The minimum atomic E-state index is 0.365. The summed E-state index contributed by atoms with van der Waals surface area (Å²) in [5, 5.41) is 0. The second kappa shape index (κ2) is 4.78. The highest BCUT2D eigenvalue weighted by Crippen LogP contribution is 2.31. The molecular formula is C12H17N3S. The Morgan fingerprint density at radius 1 is 1.62 bits per heavy atom. The van der Waals surface area contributed by atoms with Crippen LogP contribution >= 0.6 is 12.2 Å². The van der Waals surface area contributed by atoms with Crippen LogP contribution in [0.15, 0.2) is 18.3 Å². The molecule has 1 aromatic heterocycles. The van der Waals surface area contributed by atoms with Gasteiger partial charge >= 0.3 is 0 Å². The summed E-state index contributed by atoms with van der Waals surface area (Å²) in [6.45, 7) is 4.32. The average Bonchev–Trinajstić information content (AvgIpc) is 3.10. The van der Waals surface area contributed by atoms with E-state index in [2.05, 4.69) is 16.8 Å². The highest BCUT2D eigenvalue weighted by Gasteiger charge is 2.24. The van der Waals surface area contributed by atoms with Crippen LogP contribution in [-0.2, 0) is 0 Å². The summed E-state index contributed by atoms with van der Waals surface area (Å²) in [5.74, 6) is 0.876. The average molecular weight is 235 g/mol. The molecule has 1 fully saturated rings. The van der Waals surface area contributed by atoms with Crippen molar-refractivity contribution in [2.24, 2.45) is 11.7 Å². The van der Waals surface area contributed by atoms with Crippen molar-refractivity contribution >= 4 is 22.9 Å². The first kappa shape index (κ1) is 11.3. The molecule has 0 unspecified atom stereocenters. The van der Waals surface area contributed by atoms with E-state index in [1.54, 1.807) is 6.20 Å². The molecule has 0 radical (unpaired) electrons. The van der Waals surface area contributed by atoms with Crippen molar-refractivity contribution in [3.05, 3.63) is 24.0 Å². The predicted octanol–water partition coefficient (Wildman–Crippen LogP) is 1.95. The van der Waals surface area contributed by atoms with Crippen LogP contribution in [0.5, 0.6) is 0 Å². The number of nitrogens with zero attached hydrogens (tertiary/aromatic N) is 2. The van der Waals surface area contributed by atoms with Crippen LogP contribution in [0.4, 0.5) is 5.69 Å². The fourth-order valence-electron chi connectivity index (χ4n) is 1.78. The lowest BCUT2D eigenvalue weighted by molar-refractivity contribution is 0.741. The Kier molecular flexibility index (Phi) is 3.39. The van der Waals surface area contributed by atoms with E-state index in [1.807, 2.05) is 12.1 Å². The van der Waals surface area contributed by atoms with Crippen LogP contribution in [0.25, 0.3) is 0 Å².